The summed E-state index contributed by atoms with van der Waals surface area (Å²) in [6.45, 7) is 0. The molecule has 0 saturated carbocycles. The van der Waals surface area contributed by atoms with Gasteiger partial charge in [0.1, 0.15) is 0 Å². The Kier molecular flexibility index (Phi) is 4.02. The van der Waals surface area contributed by atoms with E-state index in [1.807, 2.05) is 66.7 Å². The predicted octanol–water partition coefficient (Wildman–Crippen LogP) is 4.18. The molecule has 0 heterocycles. The Labute approximate surface area is 125 Å². The lowest BCUT2D eigenvalue weighted by Gasteiger charge is -1.96. The Morgan fingerprint density at radius 1 is 0.619 bits per heavy atom. The quantitative estimate of drug-likeness (QED) is 0.627. The van der Waals surface area contributed by atoms with Crippen LogP contribution in [0, 0.1) is 29.6 Å². The zero-order valence-corrected chi connectivity index (χ0v) is 11.6. The predicted molar refractivity (Wildman–Crippen MR) is 87.5 cm³/mol. The lowest BCUT2D eigenvalue weighted by atomic mass is 10.1. The molecule has 1 aliphatic rings. The minimum absolute atomic E-state index is 0.222. The van der Waals surface area contributed by atoms with Crippen LogP contribution in [-0.2, 0) is 0 Å². The number of benzene rings is 2. The molecule has 3 rings (SSSR count). The van der Waals surface area contributed by atoms with E-state index in [2.05, 4.69) is 35.8 Å². The first-order valence-corrected chi connectivity index (χ1v) is 6.94. The van der Waals surface area contributed by atoms with E-state index < -0.39 is 0 Å². The van der Waals surface area contributed by atoms with Crippen LogP contribution in [0.4, 0.5) is 0 Å². The molecule has 0 amide bonds. The van der Waals surface area contributed by atoms with Gasteiger partial charge in [-0.3, -0.25) is 0 Å². The summed E-state index contributed by atoms with van der Waals surface area (Å²) in [7, 11) is 0. The van der Waals surface area contributed by atoms with Crippen LogP contribution in [0.2, 0.25) is 0 Å². The number of hydrogen-bond donors (Lipinski definition) is 0. The molecule has 0 aliphatic heterocycles. The first-order chi connectivity index (χ1) is 10.4. The molecule has 98 valence electrons. The summed E-state index contributed by atoms with van der Waals surface area (Å²) in [5, 5.41) is 0. The normalized spacial score (nSPS) is 12.4. The number of allylic oxidation sites excluding steroid dienone is 4. The summed E-state index contributed by atoms with van der Waals surface area (Å²) >= 11 is 0. The lowest BCUT2D eigenvalue weighted by Crippen LogP contribution is -1.86. The third-order valence-electron chi connectivity index (χ3n) is 3.16. The highest BCUT2D eigenvalue weighted by Crippen LogP contribution is 2.10. The van der Waals surface area contributed by atoms with Gasteiger partial charge in [-0.2, -0.15) is 0 Å². The maximum atomic E-state index is 3.25. The van der Waals surface area contributed by atoms with Gasteiger partial charge in [0, 0.05) is 16.7 Å². The van der Waals surface area contributed by atoms with Gasteiger partial charge in [-0.1, -0.05) is 78.3 Å². The van der Waals surface area contributed by atoms with Crippen molar-refractivity contribution in [1.82, 2.24) is 0 Å². The van der Waals surface area contributed by atoms with Gasteiger partial charge in [0.15, 0.2) is 0 Å². The van der Waals surface area contributed by atoms with Gasteiger partial charge >= 0.3 is 0 Å². The molecule has 0 radical (unpaired) electrons. The fourth-order valence-electron chi connectivity index (χ4n) is 2.05. The maximum absolute atomic E-state index is 3.25. The fourth-order valence-corrected chi connectivity index (χ4v) is 2.05. The Balaban J connectivity index is 1.88. The molecule has 0 unspecified atom stereocenters. The SMILES string of the molecule is C(#Cc1ccccc1C#CC1C=CC=C1)c1ccccc1. The zero-order valence-electron chi connectivity index (χ0n) is 11.6. The maximum Gasteiger partial charge on any atom is 0.0573 e. The summed E-state index contributed by atoms with van der Waals surface area (Å²) < 4.78 is 0. The van der Waals surface area contributed by atoms with Crippen LogP contribution < -0.4 is 0 Å². The third-order valence-corrected chi connectivity index (χ3v) is 3.16. The van der Waals surface area contributed by atoms with Gasteiger partial charge in [-0.25, -0.2) is 0 Å². The molecule has 1 aliphatic carbocycles. The molecule has 0 spiro atoms. The van der Waals surface area contributed by atoms with Crippen LogP contribution in [0.5, 0.6) is 0 Å². The minimum Gasteiger partial charge on any atom is -0.0860 e. The highest BCUT2D eigenvalue weighted by Gasteiger charge is 1.99. The van der Waals surface area contributed by atoms with Gasteiger partial charge in [0.25, 0.3) is 0 Å². The van der Waals surface area contributed by atoms with Crippen molar-refractivity contribution < 1.29 is 0 Å². The van der Waals surface area contributed by atoms with Crippen LogP contribution in [0.3, 0.4) is 0 Å². The Morgan fingerprint density at radius 3 is 1.95 bits per heavy atom. The summed E-state index contributed by atoms with van der Waals surface area (Å²) in [5.74, 6) is 13.1. The molecule has 0 nitrogen and oxygen atoms in total. The minimum atomic E-state index is 0.222. The van der Waals surface area contributed by atoms with Crippen LogP contribution in [0.15, 0.2) is 78.9 Å². The van der Waals surface area contributed by atoms with Crippen molar-refractivity contribution in [3.63, 3.8) is 0 Å². The van der Waals surface area contributed by atoms with E-state index >= 15 is 0 Å². The van der Waals surface area contributed by atoms with E-state index in [0.29, 0.717) is 0 Å². The molecule has 0 aromatic heterocycles. The first-order valence-electron chi connectivity index (χ1n) is 6.94. The van der Waals surface area contributed by atoms with Crippen molar-refractivity contribution in [2.24, 2.45) is 5.92 Å². The van der Waals surface area contributed by atoms with E-state index in [-0.39, 0.29) is 5.92 Å². The average molecular weight is 266 g/mol. The van der Waals surface area contributed by atoms with Gasteiger partial charge < -0.3 is 0 Å². The van der Waals surface area contributed by atoms with Gasteiger partial charge in [-0.15, -0.1) is 0 Å². The smallest absolute Gasteiger partial charge is 0.0573 e. The molecule has 0 atom stereocenters. The van der Waals surface area contributed by atoms with Crippen molar-refractivity contribution in [1.29, 1.82) is 0 Å². The summed E-state index contributed by atoms with van der Waals surface area (Å²) in [6, 6.07) is 18.0. The van der Waals surface area contributed by atoms with Crippen molar-refractivity contribution in [3.8, 4) is 23.7 Å². The van der Waals surface area contributed by atoms with Crippen molar-refractivity contribution in [2.75, 3.05) is 0 Å². The van der Waals surface area contributed by atoms with Crippen molar-refractivity contribution in [2.45, 2.75) is 0 Å². The monoisotopic (exact) mass is 266 g/mol. The zero-order chi connectivity index (χ0) is 14.3. The molecule has 21 heavy (non-hydrogen) atoms. The molecule has 2 aromatic rings. The second kappa shape index (κ2) is 6.47. The molecule has 2 aromatic carbocycles. The Bertz CT molecular complexity index is 788. The van der Waals surface area contributed by atoms with Crippen LogP contribution in [0.1, 0.15) is 16.7 Å². The molecule has 0 saturated heterocycles. The van der Waals surface area contributed by atoms with E-state index in [9.17, 15) is 0 Å². The Morgan fingerprint density at radius 2 is 1.24 bits per heavy atom. The molecular weight excluding hydrogens is 252 g/mol. The molecule has 0 fully saturated rings. The van der Waals surface area contributed by atoms with Gasteiger partial charge in [0.2, 0.25) is 0 Å². The largest absolute Gasteiger partial charge is 0.0860 e. The topological polar surface area (TPSA) is 0 Å². The van der Waals surface area contributed by atoms with Crippen LogP contribution >= 0.6 is 0 Å². The highest BCUT2D eigenvalue weighted by atomic mass is 14.0. The number of rotatable bonds is 0. The molecule has 0 N–H and O–H groups in total. The molecule has 0 bridgehead atoms. The van der Waals surface area contributed by atoms with Gasteiger partial charge in [-0.05, 0) is 24.3 Å². The molecule has 0 heteroatoms. The van der Waals surface area contributed by atoms with E-state index in [4.69, 9.17) is 0 Å². The van der Waals surface area contributed by atoms with Crippen molar-refractivity contribution >= 4 is 0 Å². The second-order valence-corrected chi connectivity index (χ2v) is 4.73. The number of hydrogen-bond acceptors (Lipinski definition) is 0. The standard InChI is InChI=1S/C21H14/c1-2-8-18(9-3-1)14-16-20-12-6-7-13-21(20)17-15-19-10-4-5-11-19/h1-13,19H. The van der Waals surface area contributed by atoms with E-state index in [1.165, 1.54) is 0 Å². The summed E-state index contributed by atoms with van der Waals surface area (Å²) in [5.41, 5.74) is 2.97. The van der Waals surface area contributed by atoms with E-state index in [0.717, 1.165) is 16.7 Å². The van der Waals surface area contributed by atoms with E-state index in [1.54, 1.807) is 0 Å². The molecular formula is C21H14. The lowest BCUT2D eigenvalue weighted by molar-refractivity contribution is 1.15. The second-order valence-electron chi connectivity index (χ2n) is 4.73. The van der Waals surface area contributed by atoms with Crippen molar-refractivity contribution in [3.05, 3.63) is 95.6 Å². The Hall–Kier alpha value is -2.96. The summed E-state index contributed by atoms with van der Waals surface area (Å²) in [4.78, 5) is 0. The fraction of sp³-hybridized carbons (Fsp3) is 0.0476. The van der Waals surface area contributed by atoms with Crippen LogP contribution in [-0.4, -0.2) is 0 Å². The summed E-state index contributed by atoms with van der Waals surface area (Å²) in [6.07, 6.45) is 8.23. The highest BCUT2D eigenvalue weighted by molar-refractivity contribution is 5.53. The van der Waals surface area contributed by atoms with Gasteiger partial charge in [0.05, 0.1) is 5.92 Å². The third kappa shape index (κ3) is 3.53. The van der Waals surface area contributed by atoms with Crippen LogP contribution in [0.25, 0.3) is 0 Å². The first kappa shape index (κ1) is 13.0. The average Bonchev–Trinajstić information content (AvgIpc) is 3.06.